The van der Waals surface area contributed by atoms with Gasteiger partial charge in [0, 0.05) is 12.8 Å². The summed E-state index contributed by atoms with van der Waals surface area (Å²) in [6.07, 6.45) is 42.0. The molecule has 0 saturated heterocycles. The van der Waals surface area contributed by atoms with E-state index in [-0.39, 0.29) is 31.6 Å². The molecule has 0 amide bonds. The lowest BCUT2D eigenvalue weighted by Crippen LogP contribution is -2.28. The summed E-state index contributed by atoms with van der Waals surface area (Å²) in [4.78, 5) is 24.2. The number of aliphatic hydroxyl groups is 2. The fraction of sp³-hybridized carbons (Fsp3) is 0.767. The first-order valence-electron chi connectivity index (χ1n) is 20.2. The van der Waals surface area contributed by atoms with Crippen molar-refractivity contribution >= 4 is 11.9 Å². The van der Waals surface area contributed by atoms with E-state index >= 15 is 0 Å². The zero-order chi connectivity index (χ0) is 36.0. The van der Waals surface area contributed by atoms with E-state index in [1.807, 2.05) is 42.5 Å². The van der Waals surface area contributed by atoms with Crippen molar-refractivity contribution in [3.63, 3.8) is 0 Å². The van der Waals surface area contributed by atoms with Crippen molar-refractivity contribution < 1.29 is 29.3 Å². The van der Waals surface area contributed by atoms with Crippen molar-refractivity contribution in [1.82, 2.24) is 0 Å². The highest BCUT2D eigenvalue weighted by Gasteiger charge is 2.16. The highest BCUT2D eigenvalue weighted by Crippen LogP contribution is 2.15. The summed E-state index contributed by atoms with van der Waals surface area (Å²) in [5.74, 6) is 0.147. The summed E-state index contributed by atoms with van der Waals surface area (Å²) in [5.41, 5.74) is 0. The van der Waals surface area contributed by atoms with Gasteiger partial charge >= 0.3 is 11.9 Å². The van der Waals surface area contributed by atoms with Gasteiger partial charge in [-0.25, -0.2) is 0 Å². The van der Waals surface area contributed by atoms with E-state index in [1.165, 1.54) is 96.3 Å². The third-order valence-corrected chi connectivity index (χ3v) is 8.63. The molecule has 0 unspecified atom stereocenters. The van der Waals surface area contributed by atoms with Crippen molar-refractivity contribution in [3.05, 3.63) is 48.6 Å². The Labute approximate surface area is 301 Å². The number of hydrogen-bond acceptors (Lipinski definition) is 6. The zero-order valence-corrected chi connectivity index (χ0v) is 32.0. The van der Waals surface area contributed by atoms with Crippen molar-refractivity contribution in [2.45, 2.75) is 193 Å². The first-order valence-corrected chi connectivity index (χ1v) is 20.2. The van der Waals surface area contributed by atoms with Crippen molar-refractivity contribution in [2.75, 3.05) is 13.2 Å². The van der Waals surface area contributed by atoms with E-state index in [1.54, 1.807) is 0 Å². The summed E-state index contributed by atoms with van der Waals surface area (Å²) in [6, 6.07) is 0. The largest absolute Gasteiger partial charge is 0.462 e. The molecule has 0 rings (SSSR count). The van der Waals surface area contributed by atoms with Crippen LogP contribution in [0.1, 0.15) is 181 Å². The standard InChI is InChI=1S/C43H76O6/c1-4-5-6-7-17-23-28-33-40(45)34-29-24-19-16-21-25-30-35-42(46)48-38-41(37-44)49-43(47)36-31-26-20-15-13-11-9-8-10-12-14-18-22-27-32-39(2)3/h16-17,21,23-24,28-29,33,39-41,44-45H,4-15,18-20,22,25-27,30-32,34-38H2,1-3H3/b21-16+,23-17-,29-24-,33-28-/t40-,41+/m1/s1. The summed E-state index contributed by atoms with van der Waals surface area (Å²) in [5, 5.41) is 19.6. The van der Waals surface area contributed by atoms with Gasteiger partial charge in [0.15, 0.2) is 6.10 Å². The number of carbonyl (C=O) groups excluding carboxylic acids is 2. The fourth-order valence-corrected chi connectivity index (χ4v) is 5.52. The van der Waals surface area contributed by atoms with Crippen LogP contribution < -0.4 is 0 Å². The summed E-state index contributed by atoms with van der Waals surface area (Å²) >= 11 is 0. The first-order chi connectivity index (χ1) is 23.9. The van der Waals surface area contributed by atoms with Crippen LogP contribution in [0.5, 0.6) is 0 Å². The van der Waals surface area contributed by atoms with Gasteiger partial charge in [0.05, 0.1) is 12.7 Å². The number of aliphatic hydroxyl groups excluding tert-OH is 2. The lowest BCUT2D eigenvalue weighted by molar-refractivity contribution is -0.161. The predicted octanol–water partition coefficient (Wildman–Crippen LogP) is 11.4. The second-order valence-electron chi connectivity index (χ2n) is 14.0. The van der Waals surface area contributed by atoms with Crippen LogP contribution in [-0.2, 0) is 19.1 Å². The smallest absolute Gasteiger partial charge is 0.306 e. The number of unbranched alkanes of at least 4 members (excludes halogenated alkanes) is 17. The fourth-order valence-electron chi connectivity index (χ4n) is 5.52. The summed E-state index contributed by atoms with van der Waals surface area (Å²) < 4.78 is 10.5. The average Bonchev–Trinajstić information content (AvgIpc) is 3.08. The van der Waals surface area contributed by atoms with Gasteiger partial charge in [-0.2, -0.15) is 0 Å². The number of ether oxygens (including phenoxy) is 2. The molecule has 0 fully saturated rings. The van der Waals surface area contributed by atoms with E-state index in [4.69, 9.17) is 9.47 Å². The topological polar surface area (TPSA) is 93.1 Å². The maximum atomic E-state index is 12.2. The van der Waals surface area contributed by atoms with E-state index in [0.717, 1.165) is 44.4 Å². The Morgan fingerprint density at radius 3 is 1.82 bits per heavy atom. The SMILES string of the molecule is CCCCC/C=C\C=C/[C@@H](O)C/C=C\C/C=C/CCCC(=O)OC[C@H](CO)OC(=O)CCCCCCCCCCCCCCCCC(C)C. The molecule has 0 aliphatic heterocycles. The Hall–Kier alpha value is -2.18. The Morgan fingerprint density at radius 1 is 0.633 bits per heavy atom. The van der Waals surface area contributed by atoms with Gasteiger partial charge in [0.1, 0.15) is 6.61 Å². The molecule has 0 spiro atoms. The monoisotopic (exact) mass is 689 g/mol. The number of esters is 2. The second kappa shape index (κ2) is 37.1. The van der Waals surface area contributed by atoms with Crippen LogP contribution >= 0.6 is 0 Å². The van der Waals surface area contributed by atoms with Crippen LogP contribution in [-0.4, -0.2) is 47.6 Å². The molecule has 0 aliphatic carbocycles. The zero-order valence-electron chi connectivity index (χ0n) is 32.0. The molecule has 0 aromatic rings. The summed E-state index contributed by atoms with van der Waals surface area (Å²) in [7, 11) is 0. The Morgan fingerprint density at radius 2 is 1.20 bits per heavy atom. The lowest BCUT2D eigenvalue weighted by Gasteiger charge is -2.15. The minimum atomic E-state index is -0.811. The van der Waals surface area contributed by atoms with E-state index in [9.17, 15) is 19.8 Å². The molecular weight excluding hydrogens is 612 g/mol. The van der Waals surface area contributed by atoms with Crippen LogP contribution in [0.3, 0.4) is 0 Å². The van der Waals surface area contributed by atoms with Crippen LogP contribution in [0.25, 0.3) is 0 Å². The van der Waals surface area contributed by atoms with Gasteiger partial charge in [-0.3, -0.25) is 9.59 Å². The molecule has 0 aromatic heterocycles. The Kier molecular flexibility index (Phi) is 35.4. The van der Waals surface area contributed by atoms with E-state index < -0.39 is 12.2 Å². The van der Waals surface area contributed by atoms with Crippen molar-refractivity contribution in [3.8, 4) is 0 Å². The molecule has 284 valence electrons. The van der Waals surface area contributed by atoms with Crippen molar-refractivity contribution in [1.29, 1.82) is 0 Å². The van der Waals surface area contributed by atoms with Gasteiger partial charge < -0.3 is 19.7 Å². The molecule has 0 bridgehead atoms. The predicted molar refractivity (Wildman–Crippen MR) is 206 cm³/mol. The van der Waals surface area contributed by atoms with Gasteiger partial charge in [0.25, 0.3) is 0 Å². The molecule has 6 nitrogen and oxygen atoms in total. The van der Waals surface area contributed by atoms with Crippen LogP contribution in [0.15, 0.2) is 48.6 Å². The van der Waals surface area contributed by atoms with Gasteiger partial charge in [-0.1, -0.05) is 172 Å². The molecule has 6 heteroatoms. The number of allylic oxidation sites excluding steroid dienone is 6. The number of hydrogen-bond donors (Lipinski definition) is 2. The van der Waals surface area contributed by atoms with Gasteiger partial charge in [0.2, 0.25) is 0 Å². The molecule has 0 radical (unpaired) electrons. The normalized spacial score (nSPS) is 13.4. The van der Waals surface area contributed by atoms with Crippen molar-refractivity contribution in [2.24, 2.45) is 5.92 Å². The first kappa shape index (κ1) is 46.8. The molecule has 0 heterocycles. The summed E-state index contributed by atoms with van der Waals surface area (Å²) in [6.45, 7) is 6.34. The molecular formula is C43H76O6. The highest BCUT2D eigenvalue weighted by atomic mass is 16.6. The average molecular weight is 689 g/mol. The molecule has 0 aliphatic rings. The molecule has 0 aromatic carbocycles. The molecule has 49 heavy (non-hydrogen) atoms. The quantitative estimate of drug-likeness (QED) is 0.0298. The maximum Gasteiger partial charge on any atom is 0.306 e. The van der Waals surface area contributed by atoms with Gasteiger partial charge in [-0.15, -0.1) is 0 Å². The highest BCUT2D eigenvalue weighted by molar-refractivity contribution is 5.70. The van der Waals surface area contributed by atoms with E-state index in [0.29, 0.717) is 19.3 Å². The molecule has 0 saturated carbocycles. The third kappa shape index (κ3) is 36.9. The Balaban J connectivity index is 3.70. The second-order valence-corrected chi connectivity index (χ2v) is 14.0. The minimum absolute atomic E-state index is 0.115. The molecule has 2 atom stereocenters. The Bertz CT molecular complexity index is 858. The van der Waals surface area contributed by atoms with Crippen LogP contribution in [0.2, 0.25) is 0 Å². The molecule has 2 N–H and O–H groups in total. The van der Waals surface area contributed by atoms with Gasteiger partial charge in [-0.05, 0) is 50.9 Å². The maximum absolute atomic E-state index is 12.2. The van der Waals surface area contributed by atoms with E-state index in [2.05, 4.69) is 26.8 Å². The van der Waals surface area contributed by atoms with Crippen LogP contribution in [0.4, 0.5) is 0 Å². The number of rotatable bonds is 35. The minimum Gasteiger partial charge on any atom is -0.462 e. The van der Waals surface area contributed by atoms with Crippen LogP contribution in [0, 0.1) is 5.92 Å². The third-order valence-electron chi connectivity index (χ3n) is 8.63. The lowest BCUT2D eigenvalue weighted by atomic mass is 10.0. The number of carbonyl (C=O) groups is 2.